The summed E-state index contributed by atoms with van der Waals surface area (Å²) in [6, 6.07) is 4.00. The lowest BCUT2D eigenvalue weighted by molar-refractivity contribution is -0.137. The Morgan fingerprint density at radius 2 is 1.64 bits per heavy atom. The Kier molecular flexibility index (Phi) is 5.96. The van der Waals surface area contributed by atoms with Crippen LogP contribution in [0.15, 0.2) is 29.2 Å². The molecule has 1 aromatic rings. The highest BCUT2D eigenvalue weighted by molar-refractivity contribution is 7.92. The average molecular weight is 437 g/mol. The Labute approximate surface area is 167 Å². The van der Waals surface area contributed by atoms with Crippen LogP contribution in [0.1, 0.15) is 52.5 Å². The maximum atomic E-state index is 13.1. The zero-order valence-electron chi connectivity index (χ0n) is 17.4. The predicted octanol–water partition coefficient (Wildman–Crippen LogP) is 5.65. The van der Waals surface area contributed by atoms with Crippen LogP contribution in [-0.2, 0) is 16.0 Å². The summed E-state index contributed by atoms with van der Waals surface area (Å²) < 4.78 is 64.0. The van der Waals surface area contributed by atoms with Crippen molar-refractivity contribution in [3.05, 3.63) is 29.8 Å². The van der Waals surface area contributed by atoms with E-state index >= 15 is 0 Å². The zero-order valence-corrected chi connectivity index (χ0v) is 19.2. The van der Waals surface area contributed by atoms with Crippen LogP contribution in [0.4, 0.5) is 13.2 Å². The molecule has 0 saturated heterocycles. The maximum absolute atomic E-state index is 13.1. The molecule has 1 aliphatic carbocycles. The molecule has 0 bridgehead atoms. The van der Waals surface area contributed by atoms with Crippen molar-refractivity contribution in [1.82, 2.24) is 0 Å². The third-order valence-corrected chi connectivity index (χ3v) is 12.9. The van der Waals surface area contributed by atoms with Crippen molar-refractivity contribution < 1.29 is 26.4 Å². The Bertz CT molecular complexity index is 818. The van der Waals surface area contributed by atoms with E-state index in [1.165, 1.54) is 6.07 Å². The van der Waals surface area contributed by atoms with E-state index in [4.69, 9.17) is 0 Å². The summed E-state index contributed by atoms with van der Waals surface area (Å²) in [6.45, 7) is 11.1. The maximum Gasteiger partial charge on any atom is 0.416 e. The molecular formula is C20H31F3O3SSi. The summed E-state index contributed by atoms with van der Waals surface area (Å²) in [4.78, 5) is 10.2. The molecule has 1 aromatic carbocycles. The Hall–Kier alpha value is -0.863. The van der Waals surface area contributed by atoms with Crippen LogP contribution in [0.25, 0.3) is 0 Å². The van der Waals surface area contributed by atoms with Gasteiger partial charge in [-0.1, -0.05) is 19.9 Å². The third kappa shape index (κ3) is 4.33. The van der Waals surface area contributed by atoms with Gasteiger partial charge < -0.3 is 4.80 Å². The number of sulfone groups is 1. The highest BCUT2D eigenvalue weighted by atomic mass is 32.2. The van der Waals surface area contributed by atoms with E-state index in [0.29, 0.717) is 18.8 Å². The highest BCUT2D eigenvalue weighted by Crippen LogP contribution is 2.53. The Morgan fingerprint density at radius 1 is 1.11 bits per heavy atom. The molecule has 1 saturated carbocycles. The molecule has 0 heterocycles. The van der Waals surface area contributed by atoms with Crippen LogP contribution in [0, 0.1) is 11.8 Å². The highest BCUT2D eigenvalue weighted by Gasteiger charge is 2.51. The Morgan fingerprint density at radius 3 is 2.11 bits per heavy atom. The van der Waals surface area contributed by atoms with Crippen LogP contribution in [-0.4, -0.2) is 26.3 Å². The normalized spacial score (nSPS) is 22.1. The molecule has 2 rings (SSSR count). The number of benzene rings is 1. The van der Waals surface area contributed by atoms with E-state index in [9.17, 15) is 26.4 Å². The number of alkyl halides is 3. The molecule has 0 atom stereocenters. The zero-order chi connectivity index (χ0) is 21.8. The topological polar surface area (TPSA) is 54.4 Å². The first-order chi connectivity index (χ1) is 12.4. The van der Waals surface area contributed by atoms with Gasteiger partial charge in [-0.05, 0) is 81.3 Å². The summed E-state index contributed by atoms with van der Waals surface area (Å²) in [5.74, 6) is 0.214. The fourth-order valence-electron chi connectivity index (χ4n) is 3.80. The quantitative estimate of drug-likeness (QED) is 0.586. The molecule has 0 spiro atoms. The Balaban J connectivity index is 2.18. The van der Waals surface area contributed by atoms with E-state index in [0.717, 1.165) is 24.6 Å². The molecule has 1 aliphatic rings. The largest absolute Gasteiger partial charge is 0.432 e. The minimum Gasteiger partial charge on any atom is -0.432 e. The minimum atomic E-state index is -4.58. The molecule has 0 aliphatic heterocycles. The monoisotopic (exact) mass is 436 g/mol. The van der Waals surface area contributed by atoms with Crippen LogP contribution >= 0.6 is 0 Å². The second kappa shape index (κ2) is 7.13. The van der Waals surface area contributed by atoms with Crippen molar-refractivity contribution >= 4 is 18.2 Å². The van der Waals surface area contributed by atoms with E-state index in [2.05, 4.69) is 13.8 Å². The third-order valence-electron chi connectivity index (χ3n) is 6.84. The van der Waals surface area contributed by atoms with Gasteiger partial charge in [-0.3, -0.25) is 0 Å². The van der Waals surface area contributed by atoms with Crippen molar-refractivity contribution in [1.29, 1.82) is 0 Å². The van der Waals surface area contributed by atoms with Gasteiger partial charge in [0.05, 0.1) is 15.2 Å². The average Bonchev–Trinajstić information content (AvgIpc) is 2.48. The standard InChI is InChI=1S/C20H31F3O3SSi/c1-18(2,28(5,6)26)13-14-10-16(11-14)19(3,4)27(24,25)17-9-7-8-15(12-17)20(21,22)23/h7-9,12,14,16,26H,10-11,13H2,1-6H3. The first-order valence-corrected chi connectivity index (χ1v) is 14.0. The summed E-state index contributed by atoms with van der Waals surface area (Å²) in [6.07, 6.45) is -2.33. The first-order valence-electron chi connectivity index (χ1n) is 9.54. The fourth-order valence-corrected chi connectivity index (χ4v) is 6.37. The molecule has 160 valence electrons. The van der Waals surface area contributed by atoms with Crippen LogP contribution in [0.5, 0.6) is 0 Å². The van der Waals surface area contributed by atoms with Gasteiger partial charge >= 0.3 is 6.18 Å². The summed E-state index contributed by atoms with van der Waals surface area (Å²) >= 11 is 0. The molecule has 0 aromatic heterocycles. The van der Waals surface area contributed by atoms with Crippen molar-refractivity contribution in [2.45, 2.75) is 80.9 Å². The summed E-state index contributed by atoms with van der Waals surface area (Å²) in [5.41, 5.74) is -0.951. The van der Waals surface area contributed by atoms with E-state index in [-0.39, 0.29) is 15.9 Å². The van der Waals surface area contributed by atoms with E-state index in [1.807, 2.05) is 13.1 Å². The SMILES string of the molecule is CC(C)(CC1CC(C(C)(C)S(=O)(=O)c2cccc(C(F)(F)F)c2)C1)[Si](C)(C)O. The van der Waals surface area contributed by atoms with Gasteiger partial charge in [0.25, 0.3) is 0 Å². The van der Waals surface area contributed by atoms with Crippen molar-refractivity contribution in [2.24, 2.45) is 11.8 Å². The predicted molar refractivity (Wildman–Crippen MR) is 107 cm³/mol. The molecule has 8 heteroatoms. The van der Waals surface area contributed by atoms with Crippen LogP contribution < -0.4 is 0 Å². The second-order valence-electron chi connectivity index (χ2n) is 9.81. The molecule has 0 radical (unpaired) electrons. The molecule has 28 heavy (non-hydrogen) atoms. The van der Waals surface area contributed by atoms with E-state index < -0.39 is 34.6 Å². The lowest BCUT2D eigenvalue weighted by Crippen LogP contribution is -2.48. The van der Waals surface area contributed by atoms with Crippen LogP contribution in [0.2, 0.25) is 18.1 Å². The van der Waals surface area contributed by atoms with Gasteiger partial charge in [-0.25, -0.2) is 8.42 Å². The van der Waals surface area contributed by atoms with Crippen LogP contribution in [0.3, 0.4) is 0 Å². The van der Waals surface area contributed by atoms with Crippen molar-refractivity contribution in [3.8, 4) is 0 Å². The minimum absolute atomic E-state index is 0.115. The lowest BCUT2D eigenvalue weighted by Gasteiger charge is -2.48. The molecule has 0 unspecified atom stereocenters. The molecule has 1 N–H and O–H groups in total. The van der Waals surface area contributed by atoms with Gasteiger partial charge in [0.1, 0.15) is 0 Å². The second-order valence-corrected chi connectivity index (χ2v) is 16.8. The van der Waals surface area contributed by atoms with Crippen molar-refractivity contribution in [3.63, 3.8) is 0 Å². The van der Waals surface area contributed by atoms with Gasteiger partial charge in [0.15, 0.2) is 18.2 Å². The smallest absolute Gasteiger partial charge is 0.416 e. The first kappa shape index (κ1) is 23.4. The number of hydrogen-bond donors (Lipinski definition) is 1. The number of rotatable bonds is 6. The summed E-state index contributed by atoms with van der Waals surface area (Å²) in [7, 11) is -6.25. The van der Waals surface area contributed by atoms with Gasteiger partial charge in [-0.15, -0.1) is 0 Å². The summed E-state index contributed by atoms with van der Waals surface area (Å²) in [5, 5.41) is -0.174. The molecule has 1 fully saturated rings. The van der Waals surface area contributed by atoms with Gasteiger partial charge in [-0.2, -0.15) is 13.2 Å². The number of halogens is 3. The number of hydrogen-bond acceptors (Lipinski definition) is 3. The van der Waals surface area contributed by atoms with Gasteiger partial charge in [0.2, 0.25) is 0 Å². The van der Waals surface area contributed by atoms with Crippen molar-refractivity contribution in [2.75, 3.05) is 0 Å². The molecule has 3 nitrogen and oxygen atoms in total. The van der Waals surface area contributed by atoms with E-state index in [1.54, 1.807) is 13.8 Å². The molecular weight excluding hydrogens is 405 g/mol. The molecule has 0 amide bonds. The van der Waals surface area contributed by atoms with Gasteiger partial charge in [0, 0.05) is 0 Å². The lowest BCUT2D eigenvalue weighted by atomic mass is 9.66. The fraction of sp³-hybridized carbons (Fsp3) is 0.700.